The molecule has 0 unspecified atom stereocenters. The Morgan fingerprint density at radius 3 is 2.28 bits per heavy atom. The van der Waals surface area contributed by atoms with Crippen molar-refractivity contribution < 1.29 is 18.1 Å². The molecule has 0 saturated heterocycles. The maximum Gasteiger partial charge on any atom is 0.531 e. The van der Waals surface area contributed by atoms with Crippen LogP contribution in [-0.2, 0) is 18.1 Å². The maximum atomic E-state index is 12.1. The molecule has 0 bridgehead atoms. The summed E-state index contributed by atoms with van der Waals surface area (Å²) in [5.74, 6) is 0.270. The lowest BCUT2D eigenvalue weighted by molar-refractivity contribution is 0.137. The Kier molecular flexibility index (Phi) is 6.76. The summed E-state index contributed by atoms with van der Waals surface area (Å²) < 4.78 is 27.4. The molecule has 1 aliphatic carbocycles. The van der Waals surface area contributed by atoms with Crippen LogP contribution in [0.3, 0.4) is 0 Å². The fourth-order valence-electron chi connectivity index (χ4n) is 2.04. The Labute approximate surface area is 109 Å². The van der Waals surface area contributed by atoms with Crippen molar-refractivity contribution in [2.24, 2.45) is 0 Å². The Morgan fingerprint density at radius 2 is 1.78 bits per heavy atom. The van der Waals surface area contributed by atoms with E-state index in [1.165, 1.54) is 19.3 Å². The average Bonchev–Trinajstić information content (AvgIpc) is 2.30. The Balaban J connectivity index is 2.42. The zero-order valence-corrected chi connectivity index (χ0v) is 12.2. The molecule has 5 nitrogen and oxygen atoms in total. The van der Waals surface area contributed by atoms with Crippen molar-refractivity contribution in [1.82, 2.24) is 5.32 Å². The molecule has 0 spiro atoms. The van der Waals surface area contributed by atoms with Gasteiger partial charge in [0.1, 0.15) is 0 Å². The van der Waals surface area contributed by atoms with Crippen molar-refractivity contribution in [3.05, 3.63) is 12.5 Å². The predicted molar refractivity (Wildman–Crippen MR) is 71.1 cm³/mol. The minimum Gasteiger partial charge on any atom is -0.389 e. The summed E-state index contributed by atoms with van der Waals surface area (Å²) in [5.41, 5.74) is 0. The predicted octanol–water partition coefficient (Wildman–Crippen LogP) is 3.58. The first-order chi connectivity index (χ1) is 8.59. The summed E-state index contributed by atoms with van der Waals surface area (Å²) in [6.07, 6.45) is 5.88. The third-order valence-corrected chi connectivity index (χ3v) is 4.36. The van der Waals surface area contributed by atoms with Crippen LogP contribution >= 0.6 is 7.82 Å². The van der Waals surface area contributed by atoms with Crippen LogP contribution in [0.2, 0.25) is 0 Å². The lowest BCUT2D eigenvalue weighted by Crippen LogP contribution is -2.30. The fourth-order valence-corrected chi connectivity index (χ4v) is 3.18. The van der Waals surface area contributed by atoms with Gasteiger partial charge < -0.3 is 9.84 Å². The van der Waals surface area contributed by atoms with Crippen molar-refractivity contribution in [2.45, 2.75) is 52.0 Å². The van der Waals surface area contributed by atoms with Crippen LogP contribution in [0, 0.1) is 0 Å². The molecule has 6 heteroatoms. The molecular formula is C12H24NO4P. The van der Waals surface area contributed by atoms with Crippen molar-refractivity contribution >= 4 is 7.82 Å². The van der Waals surface area contributed by atoms with E-state index in [4.69, 9.17) is 13.6 Å². The minimum atomic E-state index is -3.51. The zero-order valence-electron chi connectivity index (χ0n) is 11.3. The SMILES string of the molecule is C=C(NC1CCCCC1)OP(=O)(OCC)OCC. The van der Waals surface area contributed by atoms with Gasteiger partial charge in [-0.3, -0.25) is 9.05 Å². The Morgan fingerprint density at radius 1 is 1.22 bits per heavy atom. The van der Waals surface area contributed by atoms with Crippen LogP contribution in [0.15, 0.2) is 12.5 Å². The van der Waals surface area contributed by atoms with Gasteiger partial charge >= 0.3 is 7.82 Å². The molecule has 1 saturated carbocycles. The van der Waals surface area contributed by atoms with Gasteiger partial charge in [0.15, 0.2) is 5.88 Å². The Bertz CT molecular complexity index is 292. The van der Waals surface area contributed by atoms with Gasteiger partial charge in [-0.05, 0) is 33.3 Å². The van der Waals surface area contributed by atoms with E-state index >= 15 is 0 Å². The van der Waals surface area contributed by atoms with E-state index in [0.717, 1.165) is 12.8 Å². The van der Waals surface area contributed by atoms with E-state index in [1.807, 2.05) is 0 Å². The zero-order chi connectivity index (χ0) is 13.4. The van der Waals surface area contributed by atoms with Crippen molar-refractivity contribution in [3.63, 3.8) is 0 Å². The van der Waals surface area contributed by atoms with Gasteiger partial charge in [-0.1, -0.05) is 19.3 Å². The smallest absolute Gasteiger partial charge is 0.389 e. The van der Waals surface area contributed by atoms with E-state index in [2.05, 4.69) is 11.9 Å². The molecule has 0 amide bonds. The van der Waals surface area contributed by atoms with Gasteiger partial charge in [0, 0.05) is 6.04 Å². The van der Waals surface area contributed by atoms with Crippen molar-refractivity contribution in [3.8, 4) is 0 Å². The number of phosphoric ester groups is 1. The molecule has 1 aliphatic rings. The number of rotatable bonds is 8. The van der Waals surface area contributed by atoms with E-state index in [1.54, 1.807) is 13.8 Å². The first-order valence-electron chi connectivity index (χ1n) is 6.63. The van der Waals surface area contributed by atoms with Gasteiger partial charge in [0.05, 0.1) is 13.2 Å². The first kappa shape index (κ1) is 15.5. The van der Waals surface area contributed by atoms with E-state index in [-0.39, 0.29) is 19.1 Å². The van der Waals surface area contributed by atoms with Crippen LogP contribution in [0.4, 0.5) is 0 Å². The number of nitrogens with one attached hydrogen (secondary N) is 1. The molecule has 18 heavy (non-hydrogen) atoms. The van der Waals surface area contributed by atoms with Crippen LogP contribution in [-0.4, -0.2) is 19.3 Å². The standard InChI is InChI=1S/C12H24NO4P/c1-4-15-18(14,16-5-2)17-11(3)13-12-9-7-6-8-10-12/h12-13H,3-10H2,1-2H3. The molecule has 0 atom stereocenters. The highest BCUT2D eigenvalue weighted by atomic mass is 31.2. The highest BCUT2D eigenvalue weighted by molar-refractivity contribution is 7.48. The molecule has 0 aromatic carbocycles. The summed E-state index contributed by atoms with van der Waals surface area (Å²) in [6, 6.07) is 0.350. The third-order valence-electron chi connectivity index (χ3n) is 2.77. The molecule has 106 valence electrons. The van der Waals surface area contributed by atoms with Gasteiger partial charge in [-0.15, -0.1) is 0 Å². The highest BCUT2D eigenvalue weighted by Crippen LogP contribution is 2.50. The van der Waals surface area contributed by atoms with E-state index in [0.29, 0.717) is 6.04 Å². The number of hydrogen-bond acceptors (Lipinski definition) is 5. The summed E-state index contributed by atoms with van der Waals surface area (Å²) in [5, 5.41) is 3.14. The molecule has 0 radical (unpaired) electrons. The monoisotopic (exact) mass is 277 g/mol. The summed E-state index contributed by atoms with van der Waals surface area (Å²) in [4.78, 5) is 0. The molecule has 1 rings (SSSR count). The molecular weight excluding hydrogens is 253 g/mol. The average molecular weight is 277 g/mol. The number of hydrogen-bond donors (Lipinski definition) is 1. The second-order valence-electron chi connectivity index (χ2n) is 4.28. The van der Waals surface area contributed by atoms with Crippen LogP contribution in [0.1, 0.15) is 46.0 Å². The summed E-state index contributed by atoms with van der Waals surface area (Å²) in [7, 11) is -3.51. The van der Waals surface area contributed by atoms with Crippen molar-refractivity contribution in [1.29, 1.82) is 0 Å². The van der Waals surface area contributed by atoms with Crippen LogP contribution in [0.5, 0.6) is 0 Å². The largest absolute Gasteiger partial charge is 0.531 e. The molecule has 0 aromatic rings. The molecule has 0 heterocycles. The van der Waals surface area contributed by atoms with Gasteiger partial charge in [0.2, 0.25) is 0 Å². The maximum absolute atomic E-state index is 12.1. The van der Waals surface area contributed by atoms with Crippen LogP contribution < -0.4 is 5.32 Å². The fraction of sp³-hybridized carbons (Fsp3) is 0.833. The molecule has 0 aliphatic heterocycles. The lowest BCUT2D eigenvalue weighted by Gasteiger charge is -2.26. The lowest BCUT2D eigenvalue weighted by atomic mass is 9.96. The Hall–Kier alpha value is -0.510. The third kappa shape index (κ3) is 5.42. The quantitative estimate of drug-likeness (QED) is 0.543. The normalized spacial score (nSPS) is 17.4. The minimum absolute atomic E-state index is 0.270. The topological polar surface area (TPSA) is 56.8 Å². The van der Waals surface area contributed by atoms with E-state index < -0.39 is 7.82 Å². The number of phosphoric acid groups is 1. The molecule has 1 N–H and O–H groups in total. The molecule has 1 fully saturated rings. The summed E-state index contributed by atoms with van der Waals surface area (Å²) in [6.45, 7) is 7.76. The van der Waals surface area contributed by atoms with E-state index in [9.17, 15) is 4.57 Å². The second-order valence-corrected chi connectivity index (χ2v) is 5.87. The molecule has 0 aromatic heterocycles. The second kappa shape index (κ2) is 7.82. The van der Waals surface area contributed by atoms with Gasteiger partial charge in [0.25, 0.3) is 0 Å². The first-order valence-corrected chi connectivity index (χ1v) is 8.10. The summed E-state index contributed by atoms with van der Waals surface area (Å²) >= 11 is 0. The highest BCUT2D eigenvalue weighted by Gasteiger charge is 2.28. The van der Waals surface area contributed by atoms with Gasteiger partial charge in [-0.2, -0.15) is 0 Å². The van der Waals surface area contributed by atoms with Crippen molar-refractivity contribution in [2.75, 3.05) is 13.2 Å². The van der Waals surface area contributed by atoms with Crippen LogP contribution in [0.25, 0.3) is 0 Å². The van der Waals surface area contributed by atoms with Gasteiger partial charge in [-0.25, -0.2) is 4.57 Å².